The van der Waals surface area contributed by atoms with E-state index >= 15 is 0 Å². The molecule has 0 bridgehead atoms. The quantitative estimate of drug-likeness (QED) is 0.700. The number of amides is 1. The van der Waals surface area contributed by atoms with Gasteiger partial charge < -0.3 is 10.1 Å². The summed E-state index contributed by atoms with van der Waals surface area (Å²) >= 11 is 0. The molecule has 0 spiro atoms. The first-order valence-corrected chi connectivity index (χ1v) is 8.04. The van der Waals surface area contributed by atoms with Crippen molar-refractivity contribution < 1.29 is 9.53 Å². The maximum absolute atomic E-state index is 12.6. The molecule has 128 valence electrons. The molecule has 0 saturated heterocycles. The van der Waals surface area contributed by atoms with E-state index in [1.165, 1.54) is 10.9 Å². The summed E-state index contributed by atoms with van der Waals surface area (Å²) in [6.45, 7) is 1.17. The molecule has 0 unspecified atom stereocenters. The molecule has 0 saturated carbocycles. The van der Waals surface area contributed by atoms with Crippen LogP contribution in [0.25, 0.3) is 16.6 Å². The van der Waals surface area contributed by atoms with Crippen molar-refractivity contribution in [1.82, 2.24) is 14.9 Å². The van der Waals surface area contributed by atoms with Crippen LogP contribution in [0.4, 0.5) is 0 Å². The lowest BCUT2D eigenvalue weighted by Crippen LogP contribution is -2.25. The summed E-state index contributed by atoms with van der Waals surface area (Å²) in [6, 6.07) is 14.1. The Balaban J connectivity index is 1.80. The first kappa shape index (κ1) is 16.9. The van der Waals surface area contributed by atoms with E-state index in [4.69, 9.17) is 4.74 Å². The number of benzene rings is 2. The van der Waals surface area contributed by atoms with Crippen molar-refractivity contribution in [2.75, 3.05) is 20.3 Å². The Bertz CT molecular complexity index is 933. The van der Waals surface area contributed by atoms with Crippen molar-refractivity contribution >= 4 is 16.8 Å². The number of aromatic nitrogens is 2. The van der Waals surface area contributed by atoms with Gasteiger partial charge in [0.15, 0.2) is 0 Å². The van der Waals surface area contributed by atoms with Crippen LogP contribution >= 0.6 is 0 Å². The molecule has 0 fully saturated rings. The molecule has 1 heterocycles. The van der Waals surface area contributed by atoms with Crippen LogP contribution in [0.2, 0.25) is 0 Å². The highest BCUT2D eigenvalue weighted by Gasteiger charge is 2.08. The topological polar surface area (TPSA) is 73.2 Å². The van der Waals surface area contributed by atoms with Gasteiger partial charge in [0.2, 0.25) is 0 Å². The second-order valence-electron chi connectivity index (χ2n) is 5.59. The van der Waals surface area contributed by atoms with E-state index in [9.17, 15) is 9.59 Å². The minimum atomic E-state index is -0.147. The highest BCUT2D eigenvalue weighted by Crippen LogP contribution is 2.11. The van der Waals surface area contributed by atoms with Crippen molar-refractivity contribution in [3.05, 3.63) is 70.8 Å². The Morgan fingerprint density at radius 1 is 1.16 bits per heavy atom. The third kappa shape index (κ3) is 3.75. The molecule has 1 aromatic heterocycles. The Labute approximate surface area is 145 Å². The number of ether oxygens (including phenoxy) is 1. The van der Waals surface area contributed by atoms with Gasteiger partial charge in [-0.3, -0.25) is 14.2 Å². The third-order valence-corrected chi connectivity index (χ3v) is 3.88. The van der Waals surface area contributed by atoms with E-state index in [0.29, 0.717) is 35.3 Å². The van der Waals surface area contributed by atoms with E-state index in [2.05, 4.69) is 10.3 Å². The van der Waals surface area contributed by atoms with Gasteiger partial charge in [-0.25, -0.2) is 4.98 Å². The van der Waals surface area contributed by atoms with Crippen molar-refractivity contribution in [1.29, 1.82) is 0 Å². The Morgan fingerprint density at radius 3 is 2.68 bits per heavy atom. The summed E-state index contributed by atoms with van der Waals surface area (Å²) in [5, 5.41) is 3.39. The average molecular weight is 337 g/mol. The van der Waals surface area contributed by atoms with Crippen molar-refractivity contribution in [3.63, 3.8) is 0 Å². The standard InChI is InChI=1S/C19H19N3O3/c1-25-12-4-11-20-18(23)14-7-9-15(10-8-14)22-13-21-17-6-3-2-5-16(17)19(22)24/h2-3,5-10,13H,4,11-12H2,1H3,(H,20,23). The van der Waals surface area contributed by atoms with Gasteiger partial charge >= 0.3 is 0 Å². The fraction of sp³-hybridized carbons (Fsp3) is 0.211. The van der Waals surface area contributed by atoms with Gasteiger partial charge in [-0.15, -0.1) is 0 Å². The maximum Gasteiger partial charge on any atom is 0.265 e. The molecule has 0 aliphatic heterocycles. The van der Waals surface area contributed by atoms with E-state index in [1.54, 1.807) is 43.5 Å². The highest BCUT2D eigenvalue weighted by atomic mass is 16.5. The molecular weight excluding hydrogens is 318 g/mol. The minimum Gasteiger partial charge on any atom is -0.385 e. The van der Waals surface area contributed by atoms with E-state index in [-0.39, 0.29) is 11.5 Å². The zero-order valence-corrected chi connectivity index (χ0v) is 13.9. The Kier molecular flexibility index (Phi) is 5.20. The number of carbonyl (C=O) groups excluding carboxylic acids is 1. The van der Waals surface area contributed by atoms with Gasteiger partial charge in [0, 0.05) is 25.8 Å². The number of fused-ring (bicyclic) bond motifs is 1. The van der Waals surface area contributed by atoms with Gasteiger partial charge in [-0.05, 0) is 42.8 Å². The smallest absolute Gasteiger partial charge is 0.265 e. The second kappa shape index (κ2) is 7.72. The summed E-state index contributed by atoms with van der Waals surface area (Å²) in [5.74, 6) is -0.147. The SMILES string of the molecule is COCCCNC(=O)c1ccc(-n2cnc3ccccc3c2=O)cc1. The molecular formula is C19H19N3O3. The first-order valence-electron chi connectivity index (χ1n) is 8.04. The summed E-state index contributed by atoms with van der Waals surface area (Å²) in [4.78, 5) is 29.0. The molecule has 2 aromatic carbocycles. The molecule has 0 atom stereocenters. The van der Waals surface area contributed by atoms with Crippen molar-refractivity contribution in [3.8, 4) is 5.69 Å². The van der Waals surface area contributed by atoms with Gasteiger partial charge in [0.1, 0.15) is 6.33 Å². The zero-order chi connectivity index (χ0) is 17.6. The van der Waals surface area contributed by atoms with Gasteiger partial charge in [0.05, 0.1) is 16.6 Å². The number of hydrogen-bond acceptors (Lipinski definition) is 4. The van der Waals surface area contributed by atoms with Crippen LogP contribution in [-0.2, 0) is 4.74 Å². The van der Waals surface area contributed by atoms with Gasteiger partial charge in [-0.1, -0.05) is 12.1 Å². The normalized spacial score (nSPS) is 10.8. The molecule has 3 rings (SSSR count). The van der Waals surface area contributed by atoms with E-state index in [1.807, 2.05) is 12.1 Å². The molecule has 1 amide bonds. The monoisotopic (exact) mass is 337 g/mol. The molecule has 6 heteroatoms. The maximum atomic E-state index is 12.6. The molecule has 3 aromatic rings. The summed E-state index contributed by atoms with van der Waals surface area (Å²) < 4.78 is 6.42. The summed E-state index contributed by atoms with van der Waals surface area (Å²) in [7, 11) is 1.63. The molecule has 0 radical (unpaired) electrons. The number of hydrogen-bond donors (Lipinski definition) is 1. The van der Waals surface area contributed by atoms with Crippen LogP contribution in [-0.4, -0.2) is 35.7 Å². The number of rotatable bonds is 6. The minimum absolute atomic E-state index is 0.137. The van der Waals surface area contributed by atoms with Crippen molar-refractivity contribution in [2.24, 2.45) is 0 Å². The molecule has 25 heavy (non-hydrogen) atoms. The Hall–Kier alpha value is -2.99. The van der Waals surface area contributed by atoms with Gasteiger partial charge in [-0.2, -0.15) is 0 Å². The van der Waals surface area contributed by atoms with Gasteiger partial charge in [0.25, 0.3) is 11.5 Å². The predicted octanol–water partition coefficient (Wildman–Crippen LogP) is 2.15. The largest absolute Gasteiger partial charge is 0.385 e. The van der Waals surface area contributed by atoms with E-state index in [0.717, 1.165) is 6.42 Å². The number of nitrogens with one attached hydrogen (secondary N) is 1. The van der Waals surface area contributed by atoms with Crippen molar-refractivity contribution in [2.45, 2.75) is 6.42 Å². The zero-order valence-electron chi connectivity index (χ0n) is 13.9. The number of para-hydroxylation sites is 1. The van der Waals surface area contributed by atoms with E-state index < -0.39 is 0 Å². The lowest BCUT2D eigenvalue weighted by atomic mass is 10.2. The Morgan fingerprint density at radius 2 is 1.92 bits per heavy atom. The molecule has 1 N–H and O–H groups in total. The van der Waals surface area contributed by atoms with Crippen LogP contribution in [0.15, 0.2) is 59.7 Å². The predicted molar refractivity (Wildman–Crippen MR) is 96.2 cm³/mol. The average Bonchev–Trinajstić information content (AvgIpc) is 2.66. The molecule has 0 aliphatic rings. The lowest BCUT2D eigenvalue weighted by Gasteiger charge is -2.08. The summed E-state index contributed by atoms with van der Waals surface area (Å²) in [6.07, 6.45) is 2.27. The lowest BCUT2D eigenvalue weighted by molar-refractivity contribution is 0.0948. The van der Waals surface area contributed by atoms with Crippen LogP contribution < -0.4 is 10.9 Å². The van der Waals surface area contributed by atoms with Crippen LogP contribution in [0.5, 0.6) is 0 Å². The molecule has 6 nitrogen and oxygen atoms in total. The third-order valence-electron chi connectivity index (χ3n) is 3.88. The molecule has 0 aliphatic carbocycles. The van der Waals surface area contributed by atoms with Crippen LogP contribution in [0, 0.1) is 0 Å². The fourth-order valence-corrected chi connectivity index (χ4v) is 2.55. The summed E-state index contributed by atoms with van der Waals surface area (Å²) in [5.41, 5.74) is 1.74. The number of carbonyl (C=O) groups is 1. The number of methoxy groups -OCH3 is 1. The number of nitrogens with zero attached hydrogens (tertiary/aromatic N) is 2. The van der Waals surface area contributed by atoms with Crippen LogP contribution in [0.3, 0.4) is 0 Å². The fourth-order valence-electron chi connectivity index (χ4n) is 2.55. The first-order chi connectivity index (χ1) is 12.2. The second-order valence-corrected chi connectivity index (χ2v) is 5.59. The highest BCUT2D eigenvalue weighted by molar-refractivity contribution is 5.94. The van der Waals surface area contributed by atoms with Crippen LogP contribution in [0.1, 0.15) is 16.8 Å².